The van der Waals surface area contributed by atoms with E-state index in [-0.39, 0.29) is 5.78 Å². The largest absolute Gasteiger partial charge is 0.361 e. The van der Waals surface area contributed by atoms with Gasteiger partial charge in [-0.3, -0.25) is 4.79 Å². The molecule has 24 heavy (non-hydrogen) atoms. The Kier molecular flexibility index (Phi) is 3.03. The van der Waals surface area contributed by atoms with Crippen LogP contribution >= 0.6 is 0 Å². The van der Waals surface area contributed by atoms with Gasteiger partial charge in [-0.1, -0.05) is 29.4 Å². The number of guanidine groups is 1. The molecule has 1 aromatic carbocycles. The summed E-state index contributed by atoms with van der Waals surface area (Å²) >= 11 is 0. The van der Waals surface area contributed by atoms with Crippen LogP contribution in [0, 0.1) is 13.8 Å². The average molecular weight is 320 g/mol. The van der Waals surface area contributed by atoms with Crippen LogP contribution < -0.4 is 0 Å². The standard InChI is InChI=1S/C18H16N4O2/c1-9-13(10(2)24-21-9)14-16-15(19-18(20-16)22(3)4)11-7-5-6-8-12(11)17(14)23/h5-8H,1-4H3. The molecule has 0 amide bonds. The predicted octanol–water partition coefficient (Wildman–Crippen LogP) is 2.62. The molecular weight excluding hydrogens is 304 g/mol. The molecule has 4 rings (SSSR count). The number of hydrogen-bond donors (Lipinski definition) is 0. The number of rotatable bonds is 1. The van der Waals surface area contributed by atoms with Gasteiger partial charge in [0.2, 0.25) is 5.96 Å². The van der Waals surface area contributed by atoms with E-state index in [1.807, 2.05) is 50.2 Å². The maximum absolute atomic E-state index is 13.2. The fourth-order valence-corrected chi connectivity index (χ4v) is 3.09. The number of Topliss-reactive ketones (excluding diaryl/α,β-unsaturated/α-hetero) is 1. The van der Waals surface area contributed by atoms with Crippen LogP contribution in [0.1, 0.15) is 32.9 Å². The average Bonchev–Trinajstić information content (AvgIpc) is 3.14. The number of hydrogen-bond acceptors (Lipinski definition) is 6. The molecule has 0 radical (unpaired) electrons. The van der Waals surface area contributed by atoms with E-state index in [0.717, 1.165) is 11.3 Å². The lowest BCUT2D eigenvalue weighted by atomic mass is 9.83. The van der Waals surface area contributed by atoms with E-state index in [1.54, 1.807) is 6.92 Å². The van der Waals surface area contributed by atoms with Gasteiger partial charge >= 0.3 is 0 Å². The van der Waals surface area contributed by atoms with E-state index in [4.69, 9.17) is 4.52 Å². The van der Waals surface area contributed by atoms with Gasteiger partial charge in [0.15, 0.2) is 5.78 Å². The van der Waals surface area contributed by atoms with Gasteiger partial charge in [0, 0.05) is 25.2 Å². The maximum Gasteiger partial charge on any atom is 0.226 e. The van der Waals surface area contributed by atoms with Crippen molar-refractivity contribution in [2.24, 2.45) is 9.98 Å². The molecule has 2 heterocycles. The Morgan fingerprint density at radius 3 is 2.38 bits per heavy atom. The Hall–Kier alpha value is -3.02. The summed E-state index contributed by atoms with van der Waals surface area (Å²) in [6.45, 7) is 3.63. The number of allylic oxidation sites excluding steroid dienone is 2. The molecule has 0 saturated carbocycles. The van der Waals surface area contributed by atoms with Gasteiger partial charge in [-0.15, -0.1) is 0 Å². The molecule has 1 aliphatic carbocycles. The monoisotopic (exact) mass is 320 g/mol. The molecule has 1 aromatic heterocycles. The molecule has 2 aliphatic rings. The van der Waals surface area contributed by atoms with Crippen molar-refractivity contribution in [1.82, 2.24) is 10.1 Å². The van der Waals surface area contributed by atoms with Crippen LogP contribution in [0.3, 0.4) is 0 Å². The summed E-state index contributed by atoms with van der Waals surface area (Å²) in [5.41, 5.74) is 4.66. The molecule has 120 valence electrons. The minimum atomic E-state index is -0.0716. The number of aromatic nitrogens is 1. The van der Waals surface area contributed by atoms with Gasteiger partial charge in [-0.05, 0) is 13.8 Å². The molecule has 0 saturated heterocycles. The number of fused-ring (bicyclic) bond motifs is 3. The first-order chi connectivity index (χ1) is 11.5. The molecule has 0 atom stereocenters. The predicted molar refractivity (Wildman–Crippen MR) is 91.3 cm³/mol. The molecule has 0 bridgehead atoms. The fourth-order valence-electron chi connectivity index (χ4n) is 3.09. The van der Waals surface area contributed by atoms with Crippen LogP contribution in [0.15, 0.2) is 44.5 Å². The Labute approximate surface area is 139 Å². The van der Waals surface area contributed by atoms with Gasteiger partial charge in [0.25, 0.3) is 0 Å². The highest BCUT2D eigenvalue weighted by atomic mass is 16.5. The number of carbonyl (C=O) groups is 1. The smallest absolute Gasteiger partial charge is 0.226 e. The Balaban J connectivity index is 2.07. The molecule has 0 N–H and O–H groups in total. The van der Waals surface area contributed by atoms with Crippen molar-refractivity contribution in [2.45, 2.75) is 13.8 Å². The summed E-state index contributed by atoms with van der Waals surface area (Å²) in [6, 6.07) is 7.49. The number of aliphatic imine (C=N–C) groups is 2. The highest BCUT2D eigenvalue weighted by Gasteiger charge is 2.37. The third-order valence-corrected chi connectivity index (χ3v) is 4.22. The highest BCUT2D eigenvalue weighted by molar-refractivity contribution is 6.43. The second-order valence-corrected chi connectivity index (χ2v) is 6.06. The SMILES string of the molecule is Cc1noc(C)c1C1=C2N=C(N(C)C)N=C2c2ccccc2C1=O. The lowest BCUT2D eigenvalue weighted by Gasteiger charge is -2.18. The van der Waals surface area contributed by atoms with Crippen LogP contribution in [0.4, 0.5) is 0 Å². The van der Waals surface area contributed by atoms with Crippen molar-refractivity contribution >= 4 is 23.0 Å². The normalized spacial score (nSPS) is 15.9. The van der Waals surface area contributed by atoms with E-state index in [9.17, 15) is 4.79 Å². The Bertz CT molecular complexity index is 957. The molecule has 2 aromatic rings. The molecule has 1 aliphatic heterocycles. The third kappa shape index (κ3) is 1.89. The summed E-state index contributed by atoms with van der Waals surface area (Å²) in [4.78, 5) is 24.2. The zero-order valence-electron chi connectivity index (χ0n) is 13.9. The van der Waals surface area contributed by atoms with Crippen molar-refractivity contribution in [1.29, 1.82) is 0 Å². The fraction of sp³-hybridized carbons (Fsp3) is 0.222. The molecule has 0 spiro atoms. The van der Waals surface area contributed by atoms with Crippen molar-refractivity contribution in [3.05, 3.63) is 58.1 Å². The molecule has 0 unspecified atom stereocenters. The zero-order chi connectivity index (χ0) is 17.0. The summed E-state index contributed by atoms with van der Waals surface area (Å²) in [5.74, 6) is 1.11. The molecule has 0 fully saturated rings. The van der Waals surface area contributed by atoms with Gasteiger partial charge < -0.3 is 9.42 Å². The van der Waals surface area contributed by atoms with Crippen LogP contribution in [-0.4, -0.2) is 41.6 Å². The minimum absolute atomic E-state index is 0.0716. The minimum Gasteiger partial charge on any atom is -0.361 e. The van der Waals surface area contributed by atoms with Crippen molar-refractivity contribution in [2.75, 3.05) is 14.1 Å². The molecular formula is C18H16N4O2. The van der Waals surface area contributed by atoms with E-state index in [0.29, 0.717) is 39.8 Å². The third-order valence-electron chi connectivity index (χ3n) is 4.22. The topological polar surface area (TPSA) is 71.1 Å². The number of nitrogens with zero attached hydrogens (tertiary/aromatic N) is 4. The summed E-state index contributed by atoms with van der Waals surface area (Å²) in [6.07, 6.45) is 0. The van der Waals surface area contributed by atoms with Crippen LogP contribution in [-0.2, 0) is 0 Å². The van der Waals surface area contributed by atoms with Crippen LogP contribution in [0.2, 0.25) is 0 Å². The van der Waals surface area contributed by atoms with Crippen LogP contribution in [0.5, 0.6) is 0 Å². The van der Waals surface area contributed by atoms with Gasteiger partial charge in [0.05, 0.1) is 16.8 Å². The summed E-state index contributed by atoms with van der Waals surface area (Å²) in [5, 5.41) is 3.99. The number of benzene rings is 1. The van der Waals surface area contributed by atoms with E-state index >= 15 is 0 Å². The zero-order valence-corrected chi connectivity index (χ0v) is 13.9. The lowest BCUT2D eigenvalue weighted by molar-refractivity contribution is 0.105. The lowest BCUT2D eigenvalue weighted by Crippen LogP contribution is -2.20. The Morgan fingerprint density at radius 1 is 1.04 bits per heavy atom. The van der Waals surface area contributed by atoms with E-state index in [1.165, 1.54) is 0 Å². The quantitative estimate of drug-likeness (QED) is 0.810. The van der Waals surface area contributed by atoms with Gasteiger partial charge in [0.1, 0.15) is 17.2 Å². The molecule has 6 nitrogen and oxygen atoms in total. The maximum atomic E-state index is 13.2. The van der Waals surface area contributed by atoms with E-state index < -0.39 is 0 Å². The number of ketones is 1. The first-order valence-corrected chi connectivity index (χ1v) is 7.65. The second-order valence-electron chi connectivity index (χ2n) is 6.06. The summed E-state index contributed by atoms with van der Waals surface area (Å²) < 4.78 is 5.27. The first-order valence-electron chi connectivity index (χ1n) is 7.65. The number of carbonyl (C=O) groups excluding carboxylic acids is 1. The van der Waals surface area contributed by atoms with Crippen molar-refractivity contribution < 1.29 is 9.32 Å². The Morgan fingerprint density at radius 2 is 1.75 bits per heavy atom. The first kappa shape index (κ1) is 14.6. The van der Waals surface area contributed by atoms with E-state index in [2.05, 4.69) is 15.1 Å². The summed E-state index contributed by atoms with van der Waals surface area (Å²) in [7, 11) is 3.76. The number of aryl methyl sites for hydroxylation is 2. The van der Waals surface area contributed by atoms with Gasteiger partial charge in [-0.2, -0.15) is 0 Å². The second kappa shape index (κ2) is 4.99. The highest BCUT2D eigenvalue weighted by Crippen LogP contribution is 2.38. The van der Waals surface area contributed by atoms with Crippen molar-refractivity contribution in [3.8, 4) is 0 Å². The molecule has 6 heteroatoms. The van der Waals surface area contributed by atoms with Gasteiger partial charge in [-0.25, -0.2) is 9.98 Å². The van der Waals surface area contributed by atoms with Crippen LogP contribution in [0.25, 0.3) is 5.57 Å². The van der Waals surface area contributed by atoms with Crippen molar-refractivity contribution in [3.63, 3.8) is 0 Å².